The lowest BCUT2D eigenvalue weighted by molar-refractivity contribution is -0.126. The Kier molecular flexibility index (Phi) is 5.61. The molecule has 0 aliphatic heterocycles. The molecule has 2 aliphatic carbocycles. The number of para-hydroxylation sites is 2. The third kappa shape index (κ3) is 4.74. The summed E-state index contributed by atoms with van der Waals surface area (Å²) in [5.41, 5.74) is 0.666. The summed E-state index contributed by atoms with van der Waals surface area (Å²) in [6.07, 6.45) is 6.44. The second kappa shape index (κ2) is 7.89. The molecule has 0 saturated heterocycles. The highest BCUT2D eigenvalue weighted by atomic mass is 16.5. The smallest absolute Gasteiger partial charge is 0.228 e. The van der Waals surface area contributed by atoms with E-state index in [1.165, 1.54) is 19.3 Å². The summed E-state index contributed by atoms with van der Waals surface area (Å²) in [6, 6.07) is 7.71. The lowest BCUT2D eigenvalue weighted by atomic mass is 9.95. The quantitative estimate of drug-likeness (QED) is 0.830. The van der Waals surface area contributed by atoms with Gasteiger partial charge in [0.1, 0.15) is 5.75 Å². The van der Waals surface area contributed by atoms with Crippen molar-refractivity contribution in [3.63, 3.8) is 0 Å². The normalized spacial score (nSPS) is 23.2. The van der Waals surface area contributed by atoms with E-state index in [1.54, 1.807) is 0 Å². The minimum atomic E-state index is -0.226. The van der Waals surface area contributed by atoms with E-state index in [4.69, 9.17) is 4.74 Å². The lowest BCUT2D eigenvalue weighted by Crippen LogP contribution is -2.37. The van der Waals surface area contributed by atoms with Crippen molar-refractivity contribution < 1.29 is 14.3 Å². The third-order valence-corrected chi connectivity index (χ3v) is 4.92. The largest absolute Gasteiger partial charge is 0.489 e. The first kappa shape index (κ1) is 17.8. The monoisotopic (exact) mass is 344 g/mol. The van der Waals surface area contributed by atoms with Crippen molar-refractivity contribution in [3.05, 3.63) is 24.3 Å². The molecular formula is C20H28N2O3. The van der Waals surface area contributed by atoms with Gasteiger partial charge in [0, 0.05) is 6.04 Å². The van der Waals surface area contributed by atoms with Crippen LogP contribution in [0.4, 0.5) is 5.69 Å². The number of amides is 2. The van der Waals surface area contributed by atoms with Crippen molar-refractivity contribution in [3.8, 4) is 5.75 Å². The maximum Gasteiger partial charge on any atom is 0.228 e. The summed E-state index contributed by atoms with van der Waals surface area (Å²) in [6.45, 7) is 3.90. The van der Waals surface area contributed by atoms with Crippen LogP contribution >= 0.6 is 0 Å². The van der Waals surface area contributed by atoms with Gasteiger partial charge in [-0.3, -0.25) is 9.59 Å². The molecule has 0 bridgehead atoms. The van der Waals surface area contributed by atoms with Crippen LogP contribution in [-0.4, -0.2) is 24.0 Å². The fourth-order valence-electron chi connectivity index (χ4n) is 3.48. The molecular weight excluding hydrogens is 316 g/mol. The van der Waals surface area contributed by atoms with Crippen molar-refractivity contribution in [1.29, 1.82) is 0 Å². The van der Waals surface area contributed by atoms with Gasteiger partial charge in [0.15, 0.2) is 0 Å². The number of carbonyl (C=O) groups excluding carboxylic acids is 2. The fraction of sp³-hybridized carbons (Fsp3) is 0.600. The third-order valence-electron chi connectivity index (χ3n) is 4.92. The molecule has 5 nitrogen and oxygen atoms in total. The number of nitrogens with one attached hydrogen (secondary N) is 2. The first-order valence-corrected chi connectivity index (χ1v) is 9.41. The highest BCUT2D eigenvalue weighted by molar-refractivity contribution is 6.00. The second-order valence-corrected chi connectivity index (χ2v) is 7.44. The predicted molar refractivity (Wildman–Crippen MR) is 97.4 cm³/mol. The molecule has 1 aromatic rings. The summed E-state index contributed by atoms with van der Waals surface area (Å²) in [4.78, 5) is 24.8. The number of anilines is 1. The van der Waals surface area contributed by atoms with Crippen LogP contribution in [0, 0.1) is 11.8 Å². The molecule has 2 atom stereocenters. The molecule has 3 rings (SSSR count). The van der Waals surface area contributed by atoms with Crippen molar-refractivity contribution in [1.82, 2.24) is 5.32 Å². The van der Waals surface area contributed by atoms with E-state index in [0.717, 1.165) is 12.8 Å². The van der Waals surface area contributed by atoms with Crippen molar-refractivity contribution >= 4 is 17.5 Å². The van der Waals surface area contributed by atoms with E-state index < -0.39 is 0 Å². The molecule has 2 saturated carbocycles. The number of hydrogen-bond acceptors (Lipinski definition) is 3. The van der Waals surface area contributed by atoms with Gasteiger partial charge in [-0.15, -0.1) is 0 Å². The van der Waals surface area contributed by atoms with Crippen molar-refractivity contribution in [2.24, 2.45) is 11.8 Å². The molecule has 0 radical (unpaired) electrons. The van der Waals surface area contributed by atoms with Crippen LogP contribution in [0.15, 0.2) is 24.3 Å². The number of hydrogen-bond donors (Lipinski definition) is 2. The average molecular weight is 344 g/mol. The molecule has 2 aliphatic rings. The van der Waals surface area contributed by atoms with Crippen LogP contribution in [0.3, 0.4) is 0 Å². The Balaban J connectivity index is 1.52. The van der Waals surface area contributed by atoms with Crippen molar-refractivity contribution in [2.45, 2.75) is 64.5 Å². The summed E-state index contributed by atoms with van der Waals surface area (Å²) >= 11 is 0. The molecule has 1 aromatic carbocycles. The van der Waals surface area contributed by atoms with Crippen LogP contribution in [0.2, 0.25) is 0 Å². The standard InChI is InChI=1S/C20H28N2O3/c1-13(2)25-18-11-7-6-10-17(18)22-20(24)16-12-15(16)19(23)21-14-8-4-3-5-9-14/h6-7,10-11,13-16H,3-5,8-9,12H2,1-2H3,(H,21,23)(H,22,24). The Morgan fingerprint density at radius 3 is 2.44 bits per heavy atom. The topological polar surface area (TPSA) is 67.4 Å². The molecule has 2 unspecified atom stereocenters. The number of ether oxygens (including phenoxy) is 1. The number of carbonyl (C=O) groups is 2. The van der Waals surface area contributed by atoms with E-state index in [2.05, 4.69) is 10.6 Å². The van der Waals surface area contributed by atoms with Gasteiger partial charge in [-0.2, -0.15) is 0 Å². The predicted octanol–water partition coefficient (Wildman–Crippen LogP) is 3.50. The first-order chi connectivity index (χ1) is 12.0. The zero-order valence-electron chi connectivity index (χ0n) is 15.1. The molecule has 0 spiro atoms. The Morgan fingerprint density at radius 2 is 1.72 bits per heavy atom. The Bertz CT molecular complexity index is 623. The molecule has 5 heteroatoms. The SMILES string of the molecule is CC(C)Oc1ccccc1NC(=O)C1CC1C(=O)NC1CCCCC1. The molecule has 25 heavy (non-hydrogen) atoms. The number of rotatable bonds is 6. The zero-order chi connectivity index (χ0) is 17.8. The van der Waals surface area contributed by atoms with Gasteiger partial charge in [0.05, 0.1) is 23.6 Å². The number of benzene rings is 1. The van der Waals surface area contributed by atoms with Gasteiger partial charge in [-0.1, -0.05) is 31.4 Å². The molecule has 2 fully saturated rings. The molecule has 2 amide bonds. The van der Waals surface area contributed by atoms with Gasteiger partial charge in [-0.25, -0.2) is 0 Å². The highest BCUT2D eigenvalue weighted by Crippen LogP contribution is 2.40. The summed E-state index contributed by atoms with van der Waals surface area (Å²) in [5.74, 6) is 0.202. The van der Waals surface area contributed by atoms with Crippen LogP contribution in [-0.2, 0) is 9.59 Å². The zero-order valence-corrected chi connectivity index (χ0v) is 15.1. The summed E-state index contributed by atoms with van der Waals surface area (Å²) in [7, 11) is 0. The second-order valence-electron chi connectivity index (χ2n) is 7.44. The Labute approximate surface area is 149 Å². The van der Waals surface area contributed by atoms with E-state index in [-0.39, 0.29) is 29.8 Å². The van der Waals surface area contributed by atoms with Gasteiger partial charge in [0.2, 0.25) is 11.8 Å². The van der Waals surface area contributed by atoms with E-state index in [1.807, 2.05) is 38.1 Å². The van der Waals surface area contributed by atoms with E-state index in [9.17, 15) is 9.59 Å². The first-order valence-electron chi connectivity index (χ1n) is 9.41. The van der Waals surface area contributed by atoms with Gasteiger partial charge in [-0.05, 0) is 45.2 Å². The van der Waals surface area contributed by atoms with Gasteiger partial charge < -0.3 is 15.4 Å². The minimum absolute atomic E-state index is 0.0352. The Morgan fingerprint density at radius 1 is 1.04 bits per heavy atom. The van der Waals surface area contributed by atoms with Crippen LogP contribution < -0.4 is 15.4 Å². The lowest BCUT2D eigenvalue weighted by Gasteiger charge is -2.22. The highest BCUT2D eigenvalue weighted by Gasteiger charge is 2.48. The maximum absolute atomic E-state index is 12.5. The van der Waals surface area contributed by atoms with Crippen LogP contribution in [0.5, 0.6) is 5.75 Å². The van der Waals surface area contributed by atoms with Crippen molar-refractivity contribution in [2.75, 3.05) is 5.32 Å². The minimum Gasteiger partial charge on any atom is -0.489 e. The van der Waals surface area contributed by atoms with E-state index in [0.29, 0.717) is 23.9 Å². The van der Waals surface area contributed by atoms with Crippen LogP contribution in [0.1, 0.15) is 52.4 Å². The molecule has 0 heterocycles. The van der Waals surface area contributed by atoms with Crippen LogP contribution in [0.25, 0.3) is 0 Å². The average Bonchev–Trinajstić information content (AvgIpc) is 3.38. The van der Waals surface area contributed by atoms with Gasteiger partial charge >= 0.3 is 0 Å². The maximum atomic E-state index is 12.5. The Hall–Kier alpha value is -2.04. The fourth-order valence-corrected chi connectivity index (χ4v) is 3.48. The summed E-state index contributed by atoms with van der Waals surface area (Å²) in [5, 5.41) is 6.05. The summed E-state index contributed by atoms with van der Waals surface area (Å²) < 4.78 is 5.73. The van der Waals surface area contributed by atoms with Gasteiger partial charge in [0.25, 0.3) is 0 Å². The molecule has 0 aromatic heterocycles. The van der Waals surface area contributed by atoms with E-state index >= 15 is 0 Å². The molecule has 136 valence electrons. The molecule has 2 N–H and O–H groups in total.